The number of carbonyl (C=O) groups excluding carboxylic acids is 1. The van der Waals surface area contributed by atoms with Crippen LogP contribution in [0.5, 0.6) is 5.75 Å². The van der Waals surface area contributed by atoms with Gasteiger partial charge in [0.15, 0.2) is 5.11 Å². The van der Waals surface area contributed by atoms with Gasteiger partial charge in [-0.25, -0.2) is 0 Å². The Hall–Kier alpha value is -2.11. The molecule has 23 heavy (non-hydrogen) atoms. The molecule has 0 atom stereocenters. The van der Waals surface area contributed by atoms with Gasteiger partial charge < -0.3 is 10.1 Å². The number of carbonyl (C=O) groups is 1. The van der Waals surface area contributed by atoms with E-state index < -0.39 is 0 Å². The molecule has 120 valence electrons. The fourth-order valence-corrected chi connectivity index (χ4v) is 2.29. The number of anilines is 1. The Morgan fingerprint density at radius 3 is 2.74 bits per heavy atom. The van der Waals surface area contributed by atoms with Gasteiger partial charge in [0.25, 0.3) is 5.91 Å². The van der Waals surface area contributed by atoms with E-state index in [1.165, 1.54) is 0 Å². The van der Waals surface area contributed by atoms with E-state index in [0.29, 0.717) is 28.6 Å². The Bertz CT molecular complexity index is 734. The highest BCUT2D eigenvalue weighted by molar-refractivity contribution is 7.80. The monoisotopic (exact) mass is 348 g/mol. The first-order valence-electron chi connectivity index (χ1n) is 7.11. The average Bonchev–Trinajstić information content (AvgIpc) is 2.51. The highest BCUT2D eigenvalue weighted by Crippen LogP contribution is 2.20. The molecule has 2 aromatic rings. The van der Waals surface area contributed by atoms with E-state index in [4.69, 9.17) is 28.6 Å². The van der Waals surface area contributed by atoms with Crippen LogP contribution in [-0.4, -0.2) is 17.6 Å². The lowest BCUT2D eigenvalue weighted by Gasteiger charge is -2.11. The van der Waals surface area contributed by atoms with E-state index >= 15 is 0 Å². The summed E-state index contributed by atoms with van der Waals surface area (Å²) in [6, 6.07) is 12.4. The molecule has 0 saturated heterocycles. The van der Waals surface area contributed by atoms with Gasteiger partial charge in [0.05, 0.1) is 6.61 Å². The molecule has 2 aromatic carbocycles. The molecule has 4 nitrogen and oxygen atoms in total. The summed E-state index contributed by atoms with van der Waals surface area (Å²) in [6.45, 7) is 4.34. The first-order chi connectivity index (χ1) is 11.0. The third kappa shape index (κ3) is 4.94. The highest BCUT2D eigenvalue weighted by atomic mass is 35.5. The number of rotatable bonds is 4. The zero-order chi connectivity index (χ0) is 16.8. The lowest BCUT2D eigenvalue weighted by atomic mass is 10.2. The third-order valence-corrected chi connectivity index (χ3v) is 3.68. The Balaban J connectivity index is 2.00. The summed E-state index contributed by atoms with van der Waals surface area (Å²) in [5.74, 6) is 0.339. The third-order valence-electron chi connectivity index (χ3n) is 3.06. The number of thiocarbonyl (C=S) groups is 1. The van der Waals surface area contributed by atoms with Gasteiger partial charge >= 0.3 is 0 Å². The van der Waals surface area contributed by atoms with Crippen molar-refractivity contribution in [2.75, 3.05) is 11.9 Å². The normalized spacial score (nSPS) is 10.0. The van der Waals surface area contributed by atoms with Crippen LogP contribution in [0.2, 0.25) is 5.02 Å². The number of halogens is 1. The summed E-state index contributed by atoms with van der Waals surface area (Å²) >= 11 is 11.2. The molecule has 2 rings (SSSR count). The van der Waals surface area contributed by atoms with Gasteiger partial charge in [-0.05, 0) is 62.0 Å². The molecule has 0 saturated carbocycles. The van der Waals surface area contributed by atoms with Crippen LogP contribution in [0.15, 0.2) is 42.5 Å². The Morgan fingerprint density at radius 2 is 2.04 bits per heavy atom. The van der Waals surface area contributed by atoms with Gasteiger partial charge in [-0.15, -0.1) is 0 Å². The first-order valence-corrected chi connectivity index (χ1v) is 7.89. The molecular weight excluding hydrogens is 332 g/mol. The number of benzene rings is 2. The minimum Gasteiger partial charge on any atom is -0.494 e. The zero-order valence-electron chi connectivity index (χ0n) is 12.9. The minimum absolute atomic E-state index is 0.205. The van der Waals surface area contributed by atoms with Crippen molar-refractivity contribution < 1.29 is 9.53 Å². The number of amides is 1. The Morgan fingerprint density at radius 1 is 1.26 bits per heavy atom. The molecule has 0 aliphatic rings. The lowest BCUT2D eigenvalue weighted by molar-refractivity contribution is 0.0977. The van der Waals surface area contributed by atoms with Crippen LogP contribution >= 0.6 is 23.8 Å². The molecule has 0 heterocycles. The van der Waals surface area contributed by atoms with Crippen LogP contribution < -0.4 is 15.4 Å². The maximum Gasteiger partial charge on any atom is 0.257 e. The number of aryl methyl sites for hydroxylation is 1. The van der Waals surface area contributed by atoms with Crippen molar-refractivity contribution in [3.05, 3.63) is 58.6 Å². The van der Waals surface area contributed by atoms with Gasteiger partial charge in [-0.2, -0.15) is 0 Å². The molecule has 0 unspecified atom stereocenters. The summed E-state index contributed by atoms with van der Waals surface area (Å²) in [4.78, 5) is 12.2. The smallest absolute Gasteiger partial charge is 0.257 e. The minimum atomic E-state index is -0.303. The zero-order valence-corrected chi connectivity index (χ0v) is 14.4. The molecule has 0 bridgehead atoms. The summed E-state index contributed by atoms with van der Waals surface area (Å²) < 4.78 is 5.38. The number of ether oxygens (including phenoxy) is 1. The van der Waals surface area contributed by atoms with Crippen LogP contribution in [0.1, 0.15) is 22.8 Å². The maximum atomic E-state index is 12.2. The van der Waals surface area contributed by atoms with E-state index in [1.54, 1.807) is 30.3 Å². The van der Waals surface area contributed by atoms with Crippen LogP contribution in [0.25, 0.3) is 0 Å². The summed E-state index contributed by atoms with van der Waals surface area (Å²) in [7, 11) is 0. The SMILES string of the molecule is CCOc1cccc(C(=O)NC(=S)Nc2ccc(C)c(Cl)c2)c1. The molecule has 0 radical (unpaired) electrons. The summed E-state index contributed by atoms with van der Waals surface area (Å²) in [5.41, 5.74) is 2.16. The van der Waals surface area contributed by atoms with Gasteiger partial charge in [0, 0.05) is 16.3 Å². The second-order valence-electron chi connectivity index (χ2n) is 4.83. The van der Waals surface area contributed by atoms with Crippen LogP contribution in [0.4, 0.5) is 5.69 Å². The van der Waals surface area contributed by atoms with Crippen molar-refractivity contribution in [2.24, 2.45) is 0 Å². The quantitative estimate of drug-likeness (QED) is 0.814. The second-order valence-corrected chi connectivity index (χ2v) is 5.65. The highest BCUT2D eigenvalue weighted by Gasteiger charge is 2.09. The van der Waals surface area contributed by atoms with Crippen molar-refractivity contribution in [1.29, 1.82) is 0 Å². The van der Waals surface area contributed by atoms with Gasteiger partial charge in [-0.3, -0.25) is 10.1 Å². The molecule has 2 N–H and O–H groups in total. The van der Waals surface area contributed by atoms with Crippen molar-refractivity contribution in [2.45, 2.75) is 13.8 Å². The van der Waals surface area contributed by atoms with Crippen LogP contribution in [-0.2, 0) is 0 Å². The van der Waals surface area contributed by atoms with E-state index in [1.807, 2.05) is 26.0 Å². The summed E-state index contributed by atoms with van der Waals surface area (Å²) in [5, 5.41) is 6.40. The molecule has 0 aliphatic carbocycles. The summed E-state index contributed by atoms with van der Waals surface area (Å²) in [6.07, 6.45) is 0. The predicted molar refractivity (Wildman–Crippen MR) is 97.5 cm³/mol. The van der Waals surface area contributed by atoms with Gasteiger partial charge in [0.1, 0.15) is 5.75 Å². The molecule has 6 heteroatoms. The molecule has 1 amide bonds. The first kappa shape index (κ1) is 17.2. The molecular formula is C17H17ClN2O2S. The molecule has 0 spiro atoms. The molecule has 0 fully saturated rings. The van der Waals surface area contributed by atoms with E-state index in [2.05, 4.69) is 10.6 Å². The fraction of sp³-hybridized carbons (Fsp3) is 0.176. The second kappa shape index (κ2) is 7.94. The predicted octanol–water partition coefficient (Wildman–Crippen LogP) is 4.17. The average molecular weight is 349 g/mol. The van der Waals surface area contributed by atoms with Gasteiger partial charge in [0.2, 0.25) is 0 Å². The number of hydrogen-bond donors (Lipinski definition) is 2. The topological polar surface area (TPSA) is 50.4 Å². The van der Waals surface area contributed by atoms with Gasteiger partial charge in [-0.1, -0.05) is 23.7 Å². The standard InChI is InChI=1S/C17H17ClN2O2S/c1-3-22-14-6-4-5-12(9-14)16(21)20-17(23)19-13-8-7-11(2)15(18)10-13/h4-10H,3H2,1-2H3,(H2,19,20,21,23). The van der Waals surface area contributed by atoms with E-state index in [-0.39, 0.29) is 11.0 Å². The van der Waals surface area contributed by atoms with E-state index in [0.717, 1.165) is 5.56 Å². The van der Waals surface area contributed by atoms with E-state index in [9.17, 15) is 4.79 Å². The fourth-order valence-electron chi connectivity index (χ4n) is 1.90. The maximum absolute atomic E-state index is 12.2. The molecule has 0 aromatic heterocycles. The number of hydrogen-bond acceptors (Lipinski definition) is 3. The Labute approximate surface area is 145 Å². The largest absolute Gasteiger partial charge is 0.494 e. The van der Waals surface area contributed by atoms with Crippen molar-refractivity contribution in [1.82, 2.24) is 5.32 Å². The van der Waals surface area contributed by atoms with Crippen LogP contribution in [0, 0.1) is 6.92 Å². The number of nitrogens with one attached hydrogen (secondary N) is 2. The van der Waals surface area contributed by atoms with Crippen LogP contribution in [0.3, 0.4) is 0 Å². The van der Waals surface area contributed by atoms with Crippen molar-refractivity contribution in [3.8, 4) is 5.75 Å². The molecule has 0 aliphatic heterocycles. The lowest BCUT2D eigenvalue weighted by Crippen LogP contribution is -2.34. The van der Waals surface area contributed by atoms with Crippen molar-refractivity contribution >= 4 is 40.5 Å². The van der Waals surface area contributed by atoms with Crippen molar-refractivity contribution in [3.63, 3.8) is 0 Å². The Kier molecular flexibility index (Phi) is 5.96.